The highest BCUT2D eigenvalue weighted by atomic mass is 32.2. The molecule has 0 saturated carbocycles. The van der Waals surface area contributed by atoms with Crippen LogP contribution >= 0.6 is 11.9 Å². The summed E-state index contributed by atoms with van der Waals surface area (Å²) in [7, 11) is 1.94. The Kier molecular flexibility index (Phi) is 10.2. The Labute approximate surface area is 213 Å². The van der Waals surface area contributed by atoms with Crippen LogP contribution in [0, 0.1) is 6.92 Å². The molecule has 1 saturated heterocycles. The maximum atomic E-state index is 10.5. The zero-order chi connectivity index (χ0) is 25.0. The standard InChI is InChI=1S/C17H16N2.C11H13NOS.C2H6/c1-12-7-8-14(18-2)11-16(12)17-15-6-4-3-5-13(15)9-10-19-17;13-9-10-3-5-11(6-4-10)12-7-1-2-8-14-12;1-2/h3-11,18H,1-2H3;3-6,9H,1-2,7-8H2;1-2H3. The van der Waals surface area contributed by atoms with E-state index in [-0.39, 0.29) is 0 Å². The molecule has 5 rings (SSSR count). The molecule has 182 valence electrons. The van der Waals surface area contributed by atoms with Gasteiger partial charge in [0.2, 0.25) is 0 Å². The van der Waals surface area contributed by atoms with Gasteiger partial charge in [-0.1, -0.05) is 44.2 Å². The number of carbonyl (C=O) groups excluding carboxylic acids is 1. The van der Waals surface area contributed by atoms with Gasteiger partial charge in [0.1, 0.15) is 6.29 Å². The maximum absolute atomic E-state index is 10.5. The number of benzene rings is 3. The van der Waals surface area contributed by atoms with Crippen LogP contribution in [0.15, 0.2) is 79.0 Å². The molecule has 0 radical (unpaired) electrons. The predicted molar refractivity (Wildman–Crippen MR) is 154 cm³/mol. The lowest BCUT2D eigenvalue weighted by Crippen LogP contribution is -2.20. The molecular weight excluding hydrogens is 450 g/mol. The molecule has 0 bridgehead atoms. The van der Waals surface area contributed by atoms with E-state index >= 15 is 0 Å². The fraction of sp³-hybridized carbons (Fsp3) is 0.267. The van der Waals surface area contributed by atoms with Gasteiger partial charge in [-0.05, 0) is 85.1 Å². The topological polar surface area (TPSA) is 45.2 Å². The first-order valence-electron chi connectivity index (χ1n) is 12.3. The molecule has 1 fully saturated rings. The quantitative estimate of drug-likeness (QED) is 0.234. The van der Waals surface area contributed by atoms with Crippen LogP contribution in [-0.4, -0.2) is 30.6 Å². The molecule has 4 aromatic rings. The summed E-state index contributed by atoms with van der Waals surface area (Å²) < 4.78 is 2.30. The van der Waals surface area contributed by atoms with E-state index in [0.717, 1.165) is 29.8 Å². The number of hydrogen-bond donors (Lipinski definition) is 1. The number of hydrogen-bond acceptors (Lipinski definition) is 5. The van der Waals surface area contributed by atoms with Gasteiger partial charge >= 0.3 is 0 Å². The van der Waals surface area contributed by atoms with E-state index in [2.05, 4.69) is 70.1 Å². The molecule has 2 heterocycles. The molecule has 0 amide bonds. The summed E-state index contributed by atoms with van der Waals surface area (Å²) in [5, 5.41) is 5.60. The van der Waals surface area contributed by atoms with Crippen LogP contribution in [0.4, 0.5) is 11.4 Å². The van der Waals surface area contributed by atoms with Crippen molar-refractivity contribution in [2.75, 3.05) is 29.0 Å². The van der Waals surface area contributed by atoms with Crippen LogP contribution in [0.3, 0.4) is 0 Å². The Bertz CT molecular complexity index is 1210. The van der Waals surface area contributed by atoms with Crippen molar-refractivity contribution in [3.05, 3.63) is 90.1 Å². The Balaban J connectivity index is 0.000000190. The fourth-order valence-corrected chi connectivity index (χ4v) is 4.97. The first-order valence-corrected chi connectivity index (χ1v) is 13.2. The van der Waals surface area contributed by atoms with Crippen LogP contribution in [0.2, 0.25) is 0 Å². The van der Waals surface area contributed by atoms with Gasteiger partial charge in [-0.15, -0.1) is 0 Å². The van der Waals surface area contributed by atoms with Gasteiger partial charge in [0, 0.05) is 53.4 Å². The zero-order valence-corrected chi connectivity index (χ0v) is 21.9. The number of carbonyl (C=O) groups is 1. The first kappa shape index (κ1) is 26.3. The van der Waals surface area contributed by atoms with Gasteiger partial charge in [-0.2, -0.15) is 0 Å². The molecule has 5 heteroatoms. The molecule has 1 aromatic heterocycles. The maximum Gasteiger partial charge on any atom is 0.150 e. The number of aldehydes is 1. The third-order valence-electron chi connectivity index (χ3n) is 5.77. The van der Waals surface area contributed by atoms with Crippen molar-refractivity contribution < 1.29 is 4.79 Å². The van der Waals surface area contributed by atoms with Gasteiger partial charge in [0.05, 0.1) is 5.69 Å². The van der Waals surface area contributed by atoms with E-state index in [1.165, 1.54) is 46.2 Å². The number of nitrogens with one attached hydrogen (secondary N) is 1. The summed E-state index contributed by atoms with van der Waals surface area (Å²) in [6.45, 7) is 7.24. The number of fused-ring (bicyclic) bond motifs is 1. The molecule has 0 spiro atoms. The fourth-order valence-electron chi connectivity index (χ4n) is 3.89. The van der Waals surface area contributed by atoms with Gasteiger partial charge in [0.25, 0.3) is 0 Å². The summed E-state index contributed by atoms with van der Waals surface area (Å²) in [4.78, 5) is 15.1. The van der Waals surface area contributed by atoms with E-state index in [1.54, 1.807) is 0 Å². The third kappa shape index (κ3) is 6.86. The van der Waals surface area contributed by atoms with Crippen molar-refractivity contribution in [2.24, 2.45) is 0 Å². The number of rotatable bonds is 4. The van der Waals surface area contributed by atoms with Gasteiger partial charge < -0.3 is 9.62 Å². The molecule has 35 heavy (non-hydrogen) atoms. The Hall–Kier alpha value is -3.31. The number of aromatic nitrogens is 1. The van der Waals surface area contributed by atoms with Crippen LogP contribution < -0.4 is 9.62 Å². The van der Waals surface area contributed by atoms with E-state index in [1.807, 2.05) is 63.3 Å². The first-order chi connectivity index (χ1) is 17.2. The highest BCUT2D eigenvalue weighted by Crippen LogP contribution is 2.30. The Morgan fingerprint density at radius 2 is 1.74 bits per heavy atom. The van der Waals surface area contributed by atoms with Crippen molar-refractivity contribution >= 4 is 40.4 Å². The van der Waals surface area contributed by atoms with Gasteiger partial charge in [0.15, 0.2) is 0 Å². The highest BCUT2D eigenvalue weighted by Gasteiger charge is 2.11. The lowest BCUT2D eigenvalue weighted by molar-refractivity contribution is 0.112. The van der Waals surface area contributed by atoms with E-state index in [0.29, 0.717) is 0 Å². The van der Waals surface area contributed by atoms with E-state index < -0.39 is 0 Å². The SMILES string of the molecule is CC.CNc1ccc(C)c(-c2nccc3ccccc23)c1.O=Cc1ccc(N2CCCCS2)cc1. The highest BCUT2D eigenvalue weighted by molar-refractivity contribution is 8.00. The third-order valence-corrected chi connectivity index (χ3v) is 6.95. The average Bonchev–Trinajstić information content (AvgIpc) is 2.95. The monoisotopic (exact) mass is 485 g/mol. The second kappa shape index (κ2) is 13.5. The van der Waals surface area contributed by atoms with E-state index in [9.17, 15) is 4.79 Å². The van der Waals surface area contributed by atoms with Crippen LogP contribution in [0.5, 0.6) is 0 Å². The number of anilines is 2. The van der Waals surface area contributed by atoms with Crippen LogP contribution in [-0.2, 0) is 0 Å². The van der Waals surface area contributed by atoms with Crippen molar-refractivity contribution in [1.82, 2.24) is 4.98 Å². The molecule has 4 nitrogen and oxygen atoms in total. The lowest BCUT2D eigenvalue weighted by Gasteiger charge is -2.27. The minimum atomic E-state index is 0.746. The molecule has 0 unspecified atom stereocenters. The minimum Gasteiger partial charge on any atom is -0.388 e. The molecule has 0 atom stereocenters. The summed E-state index contributed by atoms with van der Waals surface area (Å²) in [5.41, 5.74) is 6.53. The molecule has 1 N–H and O–H groups in total. The molecule has 0 aliphatic carbocycles. The summed E-state index contributed by atoms with van der Waals surface area (Å²) >= 11 is 1.87. The summed E-state index contributed by atoms with van der Waals surface area (Å²) in [5.74, 6) is 1.20. The van der Waals surface area contributed by atoms with Crippen molar-refractivity contribution in [3.8, 4) is 11.3 Å². The van der Waals surface area contributed by atoms with Crippen molar-refractivity contribution in [2.45, 2.75) is 33.6 Å². The van der Waals surface area contributed by atoms with Crippen molar-refractivity contribution in [1.29, 1.82) is 0 Å². The zero-order valence-electron chi connectivity index (χ0n) is 21.1. The number of nitrogens with zero attached hydrogens (tertiary/aromatic N) is 2. The second-order valence-corrected chi connectivity index (χ2v) is 9.12. The van der Waals surface area contributed by atoms with Crippen LogP contribution in [0.1, 0.15) is 42.6 Å². The number of aryl methyl sites for hydroxylation is 1. The van der Waals surface area contributed by atoms with Crippen molar-refractivity contribution in [3.63, 3.8) is 0 Å². The van der Waals surface area contributed by atoms with Crippen LogP contribution in [0.25, 0.3) is 22.0 Å². The van der Waals surface area contributed by atoms with E-state index in [4.69, 9.17) is 0 Å². The summed E-state index contributed by atoms with van der Waals surface area (Å²) in [6.07, 6.45) is 5.34. The molecular formula is C30H35N3OS. The smallest absolute Gasteiger partial charge is 0.150 e. The minimum absolute atomic E-state index is 0.746. The largest absolute Gasteiger partial charge is 0.388 e. The predicted octanol–water partition coefficient (Wildman–Crippen LogP) is 8.03. The Morgan fingerprint density at radius 3 is 2.43 bits per heavy atom. The average molecular weight is 486 g/mol. The second-order valence-electron chi connectivity index (χ2n) is 8.01. The summed E-state index contributed by atoms with van der Waals surface area (Å²) in [6, 6.07) is 24.6. The molecule has 1 aliphatic rings. The molecule has 3 aromatic carbocycles. The number of pyridine rings is 1. The normalized spacial score (nSPS) is 12.6. The van der Waals surface area contributed by atoms with Gasteiger partial charge in [-0.25, -0.2) is 0 Å². The Morgan fingerprint density at radius 1 is 0.971 bits per heavy atom. The van der Waals surface area contributed by atoms with Gasteiger partial charge in [-0.3, -0.25) is 9.78 Å². The molecule has 1 aliphatic heterocycles. The lowest BCUT2D eigenvalue weighted by atomic mass is 9.99.